The Morgan fingerprint density at radius 2 is 1.97 bits per heavy atom. The van der Waals surface area contributed by atoms with Gasteiger partial charge in [-0.1, -0.05) is 34.6 Å². The highest BCUT2D eigenvalue weighted by Gasteiger charge is 2.26. The van der Waals surface area contributed by atoms with Crippen molar-refractivity contribution in [3.05, 3.63) is 49.6 Å². The van der Waals surface area contributed by atoms with Crippen LogP contribution in [-0.4, -0.2) is 54.7 Å². The van der Waals surface area contributed by atoms with Gasteiger partial charge in [0.2, 0.25) is 0 Å². The molecule has 33 heavy (non-hydrogen) atoms. The van der Waals surface area contributed by atoms with Crippen LogP contribution in [0.2, 0.25) is 0 Å². The highest BCUT2D eigenvalue weighted by atomic mass is 79.9. The number of esters is 1. The molecule has 2 aromatic heterocycles. The number of aliphatic hydroxyl groups is 1. The highest BCUT2D eigenvalue weighted by Crippen LogP contribution is 2.28. The number of thioether (sulfide) groups is 1. The average Bonchev–Trinajstić information content (AvgIpc) is 3.14. The van der Waals surface area contributed by atoms with E-state index in [9.17, 15) is 19.5 Å². The van der Waals surface area contributed by atoms with Gasteiger partial charge in [0.25, 0.3) is 5.56 Å². The molecule has 0 aliphatic heterocycles. The number of nitrogens with zero attached hydrogens (tertiary/aromatic N) is 3. The van der Waals surface area contributed by atoms with Crippen molar-refractivity contribution in [3.63, 3.8) is 0 Å². The van der Waals surface area contributed by atoms with Gasteiger partial charge in [-0.3, -0.25) is 19.1 Å². The summed E-state index contributed by atoms with van der Waals surface area (Å²) in [6, 6.07) is 7.16. The maximum Gasteiger partial charge on any atom is 0.329 e. The molecule has 0 amide bonds. The van der Waals surface area contributed by atoms with Crippen molar-refractivity contribution in [1.29, 1.82) is 0 Å². The summed E-state index contributed by atoms with van der Waals surface area (Å²) in [5.41, 5.74) is -0.949. The van der Waals surface area contributed by atoms with Gasteiger partial charge in [0.15, 0.2) is 16.3 Å². The zero-order valence-electron chi connectivity index (χ0n) is 18.4. The van der Waals surface area contributed by atoms with Crippen LogP contribution in [0.1, 0.15) is 20.3 Å². The monoisotopic (exact) mass is 540 g/mol. The molecule has 0 radical (unpaired) electrons. The van der Waals surface area contributed by atoms with Crippen molar-refractivity contribution in [2.75, 3.05) is 13.2 Å². The van der Waals surface area contributed by atoms with E-state index in [0.29, 0.717) is 17.3 Å². The molecule has 0 fully saturated rings. The van der Waals surface area contributed by atoms with Gasteiger partial charge in [-0.2, -0.15) is 0 Å². The van der Waals surface area contributed by atoms with Crippen LogP contribution in [0.3, 0.4) is 0 Å². The summed E-state index contributed by atoms with van der Waals surface area (Å²) >= 11 is 4.47. The van der Waals surface area contributed by atoms with E-state index >= 15 is 0 Å². The van der Waals surface area contributed by atoms with Crippen molar-refractivity contribution >= 4 is 44.8 Å². The minimum Gasteiger partial charge on any atom is -0.491 e. The lowest BCUT2D eigenvalue weighted by Crippen LogP contribution is -2.31. The molecule has 0 bridgehead atoms. The summed E-state index contributed by atoms with van der Waals surface area (Å²) in [6.45, 7) is 3.74. The number of carbonyl (C=O) groups excluding carboxylic acids is 1. The molecule has 178 valence electrons. The van der Waals surface area contributed by atoms with Crippen LogP contribution in [0.15, 0.2) is 43.5 Å². The second-order valence-electron chi connectivity index (χ2n) is 7.18. The van der Waals surface area contributed by atoms with Crippen molar-refractivity contribution in [2.24, 2.45) is 7.05 Å². The molecular formula is C21H25BrN4O6S. The van der Waals surface area contributed by atoms with E-state index in [4.69, 9.17) is 9.47 Å². The Morgan fingerprint density at radius 3 is 2.61 bits per heavy atom. The molecule has 0 aliphatic rings. The zero-order chi connectivity index (χ0) is 24.1. The number of H-pyrrole nitrogens is 1. The van der Waals surface area contributed by atoms with E-state index in [1.54, 1.807) is 19.1 Å². The van der Waals surface area contributed by atoms with Crippen LogP contribution in [0.25, 0.3) is 11.2 Å². The van der Waals surface area contributed by atoms with E-state index < -0.39 is 28.6 Å². The van der Waals surface area contributed by atoms with Crippen LogP contribution >= 0.6 is 27.7 Å². The van der Waals surface area contributed by atoms with Gasteiger partial charge in [-0.25, -0.2) is 9.78 Å². The molecule has 1 aromatic carbocycles. The zero-order valence-corrected chi connectivity index (χ0v) is 20.8. The first-order valence-corrected chi connectivity index (χ1v) is 12.0. The van der Waals surface area contributed by atoms with Crippen molar-refractivity contribution in [2.45, 2.75) is 43.3 Å². The molecule has 10 nitrogen and oxygen atoms in total. The lowest BCUT2D eigenvalue weighted by molar-refractivity contribution is -0.142. The normalized spacial score (nSPS) is 13.1. The maximum absolute atomic E-state index is 12.6. The molecule has 3 rings (SSSR count). The first-order valence-electron chi connectivity index (χ1n) is 10.3. The summed E-state index contributed by atoms with van der Waals surface area (Å²) in [7, 11) is 1.49. The first-order chi connectivity index (χ1) is 15.7. The SMILES string of the molecule is CCOC(=O)[C@@H](CC)Sc1nc2c(c(=O)[nH]c(=O)n2C)n1C[C@H](O)COc1ccc(Br)cc1. The summed E-state index contributed by atoms with van der Waals surface area (Å²) in [5, 5.41) is 10.4. The number of benzene rings is 1. The van der Waals surface area contributed by atoms with E-state index in [2.05, 4.69) is 25.9 Å². The topological polar surface area (TPSA) is 128 Å². The van der Waals surface area contributed by atoms with Crippen LogP contribution in [-0.2, 0) is 23.1 Å². The van der Waals surface area contributed by atoms with Gasteiger partial charge in [0.1, 0.15) is 23.7 Å². The third-order valence-corrected chi connectivity index (χ3v) is 6.65. The molecular weight excluding hydrogens is 516 g/mol. The van der Waals surface area contributed by atoms with Crippen molar-refractivity contribution < 1.29 is 19.4 Å². The van der Waals surface area contributed by atoms with Gasteiger partial charge in [0, 0.05) is 11.5 Å². The third kappa shape index (κ3) is 5.87. The first kappa shape index (κ1) is 25.1. The number of carbonyl (C=O) groups is 1. The minimum absolute atomic E-state index is 0.0318. The predicted molar refractivity (Wildman–Crippen MR) is 128 cm³/mol. The lowest BCUT2D eigenvalue weighted by Gasteiger charge is -2.17. The summed E-state index contributed by atoms with van der Waals surface area (Å²) < 4.78 is 14.4. The van der Waals surface area contributed by atoms with E-state index in [1.165, 1.54) is 16.2 Å². The fraction of sp³-hybridized carbons (Fsp3) is 0.429. The number of aliphatic hydroxyl groups excluding tert-OH is 1. The van der Waals surface area contributed by atoms with Crippen molar-refractivity contribution in [1.82, 2.24) is 19.1 Å². The number of nitrogens with one attached hydrogen (secondary N) is 1. The number of rotatable bonds is 10. The fourth-order valence-corrected chi connectivity index (χ4v) is 4.40. The van der Waals surface area contributed by atoms with Crippen LogP contribution in [0, 0.1) is 0 Å². The Hall–Kier alpha value is -2.57. The number of aromatic nitrogens is 4. The molecule has 2 atom stereocenters. The molecule has 2 heterocycles. The summed E-state index contributed by atoms with van der Waals surface area (Å²) in [6.07, 6.45) is -0.526. The van der Waals surface area contributed by atoms with Crippen LogP contribution < -0.4 is 16.0 Å². The quantitative estimate of drug-likeness (QED) is 0.295. The Morgan fingerprint density at radius 1 is 1.27 bits per heavy atom. The number of aromatic amines is 1. The van der Waals surface area contributed by atoms with E-state index in [1.807, 2.05) is 19.1 Å². The number of ether oxygens (including phenoxy) is 2. The number of halogens is 1. The van der Waals surface area contributed by atoms with Gasteiger partial charge in [-0.15, -0.1) is 0 Å². The van der Waals surface area contributed by atoms with E-state index in [0.717, 1.165) is 16.2 Å². The summed E-state index contributed by atoms with van der Waals surface area (Å²) in [4.78, 5) is 43.7. The molecule has 0 saturated carbocycles. The average molecular weight is 541 g/mol. The van der Waals surface area contributed by atoms with Crippen molar-refractivity contribution in [3.8, 4) is 5.75 Å². The smallest absolute Gasteiger partial charge is 0.329 e. The number of hydrogen-bond acceptors (Lipinski definition) is 8. The molecule has 0 unspecified atom stereocenters. The predicted octanol–water partition coefficient (Wildman–Crippen LogP) is 2.06. The fourth-order valence-electron chi connectivity index (χ4n) is 3.12. The third-order valence-electron chi connectivity index (χ3n) is 4.79. The van der Waals surface area contributed by atoms with Gasteiger partial charge < -0.3 is 19.1 Å². The molecule has 2 N–H and O–H groups in total. The van der Waals surface area contributed by atoms with Gasteiger partial charge in [0.05, 0.1) is 13.2 Å². The van der Waals surface area contributed by atoms with E-state index in [-0.39, 0.29) is 30.9 Å². The number of hydrogen-bond donors (Lipinski definition) is 2. The molecule has 3 aromatic rings. The van der Waals surface area contributed by atoms with Crippen LogP contribution in [0.5, 0.6) is 5.75 Å². The molecule has 0 spiro atoms. The number of aryl methyl sites for hydroxylation is 1. The minimum atomic E-state index is -0.996. The molecule has 0 saturated heterocycles. The van der Waals surface area contributed by atoms with Gasteiger partial charge >= 0.3 is 11.7 Å². The maximum atomic E-state index is 12.6. The standard InChI is InChI=1S/C21H25BrN4O6S/c1-4-15(19(29)31-5-2)33-21-23-17-16(18(28)24-20(30)25(17)3)26(21)10-13(27)11-32-14-8-6-12(22)7-9-14/h6-9,13,15,27H,4-5,10-11H2,1-3H3,(H,24,28,30)/t13-,15+/m0/s1. The summed E-state index contributed by atoms with van der Waals surface area (Å²) in [5.74, 6) is 0.182. The highest BCUT2D eigenvalue weighted by molar-refractivity contribution is 9.10. The Labute approximate surface area is 202 Å². The number of imidazole rings is 1. The molecule has 0 aliphatic carbocycles. The van der Waals surface area contributed by atoms with Gasteiger partial charge in [-0.05, 0) is 37.6 Å². The van der Waals surface area contributed by atoms with Crippen LogP contribution in [0.4, 0.5) is 0 Å². The molecule has 12 heteroatoms. The second kappa shape index (κ2) is 11.0. The second-order valence-corrected chi connectivity index (χ2v) is 9.27. The largest absolute Gasteiger partial charge is 0.491 e. The Bertz CT molecular complexity index is 1240. The lowest BCUT2D eigenvalue weighted by atomic mass is 10.3. The Balaban J connectivity index is 1.93. The number of fused-ring (bicyclic) bond motifs is 1. The Kier molecular flexibility index (Phi) is 8.38.